The number of carbonyl (C=O) groups excluding carboxylic acids is 1. The summed E-state index contributed by atoms with van der Waals surface area (Å²) in [5, 5.41) is 3.57. The van der Waals surface area contributed by atoms with Crippen LogP contribution in [0.25, 0.3) is 0 Å². The Hall–Kier alpha value is -1.06. The Labute approximate surface area is 139 Å². The first-order valence-corrected chi connectivity index (χ1v) is 8.33. The molecule has 1 saturated heterocycles. The summed E-state index contributed by atoms with van der Waals surface area (Å²) in [6.07, 6.45) is 5.83. The van der Waals surface area contributed by atoms with Gasteiger partial charge in [0, 0.05) is 24.5 Å². The molecule has 1 aliphatic heterocycles. The first-order chi connectivity index (χ1) is 10.2. The molecule has 22 heavy (non-hydrogen) atoms. The molecule has 0 aromatic heterocycles. The second kappa shape index (κ2) is 7.47. The minimum atomic E-state index is 0. The largest absolute Gasteiger partial charge is 0.342 e. The van der Waals surface area contributed by atoms with Gasteiger partial charge in [-0.05, 0) is 37.7 Å². The summed E-state index contributed by atoms with van der Waals surface area (Å²) in [6, 6.07) is 10.7. The summed E-state index contributed by atoms with van der Waals surface area (Å²) >= 11 is 0. The molecule has 0 unspecified atom stereocenters. The molecule has 1 heterocycles. The van der Waals surface area contributed by atoms with Gasteiger partial charge in [0.25, 0.3) is 0 Å². The van der Waals surface area contributed by atoms with Crippen LogP contribution in [-0.4, -0.2) is 36.0 Å². The Kier molecular flexibility index (Phi) is 5.87. The maximum absolute atomic E-state index is 12.3. The number of carbonyl (C=O) groups is 1. The number of piperidine rings is 1. The van der Waals surface area contributed by atoms with E-state index in [1.807, 2.05) is 4.90 Å². The molecule has 2 fully saturated rings. The molecular formula is C18H27ClN2O. The van der Waals surface area contributed by atoms with Crippen LogP contribution in [0.5, 0.6) is 0 Å². The number of nitrogens with zero attached hydrogens (tertiary/aromatic N) is 1. The van der Waals surface area contributed by atoms with E-state index in [-0.39, 0.29) is 23.9 Å². The van der Waals surface area contributed by atoms with E-state index in [0.717, 1.165) is 38.8 Å². The lowest BCUT2D eigenvalue weighted by molar-refractivity contribution is -0.131. The molecule has 0 radical (unpaired) electrons. The molecule has 2 atom stereocenters. The number of likely N-dealkylation sites (tertiary alicyclic amines) is 1. The number of halogens is 1. The van der Waals surface area contributed by atoms with E-state index in [2.05, 4.69) is 42.6 Å². The monoisotopic (exact) mass is 322 g/mol. The maximum atomic E-state index is 12.3. The van der Waals surface area contributed by atoms with Crippen LogP contribution in [0.3, 0.4) is 0 Å². The molecule has 1 N–H and O–H groups in total. The summed E-state index contributed by atoms with van der Waals surface area (Å²) < 4.78 is 0. The van der Waals surface area contributed by atoms with Gasteiger partial charge in [0.05, 0.1) is 6.54 Å². The number of rotatable bonds is 5. The highest BCUT2D eigenvalue weighted by Crippen LogP contribution is 2.53. The minimum absolute atomic E-state index is 0. The fraction of sp³-hybridized carbons (Fsp3) is 0.611. The summed E-state index contributed by atoms with van der Waals surface area (Å²) in [5.74, 6) is 0.846. The minimum Gasteiger partial charge on any atom is -0.342 e. The lowest BCUT2D eigenvalue weighted by Gasteiger charge is -2.28. The number of benzene rings is 1. The second-order valence-electron chi connectivity index (χ2n) is 6.47. The topological polar surface area (TPSA) is 32.3 Å². The highest BCUT2D eigenvalue weighted by Gasteiger charge is 2.53. The highest BCUT2D eigenvalue weighted by molar-refractivity contribution is 5.85. The first-order valence-electron chi connectivity index (χ1n) is 8.33. The van der Waals surface area contributed by atoms with Gasteiger partial charge in [-0.2, -0.15) is 0 Å². The highest BCUT2D eigenvalue weighted by atomic mass is 35.5. The van der Waals surface area contributed by atoms with Crippen molar-refractivity contribution in [2.24, 2.45) is 0 Å². The molecule has 1 aliphatic carbocycles. The molecule has 1 aromatic rings. The predicted molar refractivity (Wildman–Crippen MR) is 92.5 cm³/mol. The molecule has 1 saturated carbocycles. The quantitative estimate of drug-likeness (QED) is 0.901. The smallest absolute Gasteiger partial charge is 0.236 e. The molecule has 3 rings (SSSR count). The van der Waals surface area contributed by atoms with Crippen molar-refractivity contribution in [2.75, 3.05) is 19.6 Å². The molecule has 1 amide bonds. The zero-order chi connectivity index (χ0) is 14.7. The lowest BCUT2D eigenvalue weighted by atomic mass is 10.0. The standard InChI is InChI=1S/C18H26N2O.ClH/c1-2-18(13-16(18)15-9-5-3-6-10-15)19-14-17(21)20-11-7-4-8-12-20;/h3,5-6,9-10,16,19H,2,4,7-8,11-14H2,1H3;1H/t16-,18+;/m0./s1. The number of hydrogen-bond donors (Lipinski definition) is 1. The van der Waals surface area contributed by atoms with Crippen LogP contribution in [0, 0.1) is 0 Å². The van der Waals surface area contributed by atoms with Gasteiger partial charge in [0.1, 0.15) is 0 Å². The van der Waals surface area contributed by atoms with Gasteiger partial charge in [-0.25, -0.2) is 0 Å². The second-order valence-corrected chi connectivity index (χ2v) is 6.47. The van der Waals surface area contributed by atoms with Crippen LogP contribution in [-0.2, 0) is 4.79 Å². The summed E-state index contributed by atoms with van der Waals surface area (Å²) in [4.78, 5) is 14.3. The van der Waals surface area contributed by atoms with E-state index in [1.165, 1.54) is 12.0 Å². The third kappa shape index (κ3) is 3.64. The molecule has 0 spiro atoms. The Morgan fingerprint density at radius 1 is 1.23 bits per heavy atom. The van der Waals surface area contributed by atoms with E-state index in [4.69, 9.17) is 0 Å². The fourth-order valence-electron chi connectivity index (χ4n) is 3.65. The number of nitrogens with one attached hydrogen (secondary N) is 1. The molecule has 3 nitrogen and oxygen atoms in total. The van der Waals surface area contributed by atoms with Gasteiger partial charge in [0.15, 0.2) is 0 Å². The van der Waals surface area contributed by atoms with E-state index < -0.39 is 0 Å². The van der Waals surface area contributed by atoms with Gasteiger partial charge in [-0.1, -0.05) is 37.3 Å². The van der Waals surface area contributed by atoms with Gasteiger partial charge in [-0.15, -0.1) is 12.4 Å². The van der Waals surface area contributed by atoms with Crippen LogP contribution in [0.4, 0.5) is 0 Å². The van der Waals surface area contributed by atoms with Crippen LogP contribution in [0.1, 0.15) is 50.5 Å². The Morgan fingerprint density at radius 3 is 2.55 bits per heavy atom. The van der Waals surface area contributed by atoms with E-state index in [1.54, 1.807) is 0 Å². The van der Waals surface area contributed by atoms with Crippen molar-refractivity contribution in [2.45, 2.75) is 50.5 Å². The van der Waals surface area contributed by atoms with Crippen molar-refractivity contribution in [3.63, 3.8) is 0 Å². The van der Waals surface area contributed by atoms with Crippen LogP contribution >= 0.6 is 12.4 Å². The molecule has 4 heteroatoms. The lowest BCUT2D eigenvalue weighted by Crippen LogP contribution is -2.45. The molecule has 2 aliphatic rings. The van der Waals surface area contributed by atoms with Crippen molar-refractivity contribution >= 4 is 18.3 Å². The summed E-state index contributed by atoms with van der Waals surface area (Å²) in [5.41, 5.74) is 1.55. The molecule has 1 aromatic carbocycles. The van der Waals surface area contributed by atoms with Crippen LogP contribution < -0.4 is 5.32 Å². The Morgan fingerprint density at radius 2 is 1.91 bits per heavy atom. The van der Waals surface area contributed by atoms with Crippen LogP contribution in [0.2, 0.25) is 0 Å². The van der Waals surface area contributed by atoms with Crippen molar-refractivity contribution in [1.29, 1.82) is 0 Å². The van der Waals surface area contributed by atoms with Crippen LogP contribution in [0.15, 0.2) is 30.3 Å². The van der Waals surface area contributed by atoms with Crippen molar-refractivity contribution < 1.29 is 4.79 Å². The summed E-state index contributed by atoms with van der Waals surface area (Å²) in [7, 11) is 0. The van der Waals surface area contributed by atoms with Gasteiger partial charge >= 0.3 is 0 Å². The zero-order valence-electron chi connectivity index (χ0n) is 13.4. The average Bonchev–Trinajstić information content (AvgIpc) is 3.29. The van der Waals surface area contributed by atoms with Crippen molar-refractivity contribution in [3.05, 3.63) is 35.9 Å². The van der Waals surface area contributed by atoms with Crippen molar-refractivity contribution in [1.82, 2.24) is 10.2 Å². The Balaban J connectivity index is 0.00000176. The van der Waals surface area contributed by atoms with Gasteiger partial charge in [-0.3, -0.25) is 4.79 Å². The average molecular weight is 323 g/mol. The third-order valence-corrected chi connectivity index (χ3v) is 5.21. The fourth-order valence-corrected chi connectivity index (χ4v) is 3.65. The van der Waals surface area contributed by atoms with E-state index >= 15 is 0 Å². The van der Waals surface area contributed by atoms with E-state index in [0.29, 0.717) is 12.5 Å². The van der Waals surface area contributed by atoms with E-state index in [9.17, 15) is 4.79 Å². The van der Waals surface area contributed by atoms with Gasteiger partial charge < -0.3 is 10.2 Å². The zero-order valence-corrected chi connectivity index (χ0v) is 14.2. The number of hydrogen-bond acceptors (Lipinski definition) is 2. The predicted octanol–water partition coefficient (Wildman–Crippen LogP) is 3.35. The first kappa shape index (κ1) is 17.3. The summed E-state index contributed by atoms with van der Waals surface area (Å²) in [6.45, 7) is 4.61. The number of amides is 1. The molecule has 122 valence electrons. The van der Waals surface area contributed by atoms with Crippen molar-refractivity contribution in [3.8, 4) is 0 Å². The molecular weight excluding hydrogens is 296 g/mol. The Bertz CT molecular complexity index is 487. The SMILES string of the molecule is CC[C@@]1(NCC(=O)N2CCCCC2)C[C@H]1c1ccccc1.Cl. The maximum Gasteiger partial charge on any atom is 0.236 e. The normalized spacial score (nSPS) is 27.1. The molecule has 0 bridgehead atoms. The van der Waals surface area contributed by atoms with Gasteiger partial charge in [0.2, 0.25) is 5.91 Å². The third-order valence-electron chi connectivity index (χ3n) is 5.21.